The highest BCUT2D eigenvalue weighted by atomic mass is 127. The van der Waals surface area contributed by atoms with Crippen LogP contribution in [0.2, 0.25) is 0 Å². The molecule has 1 aromatic rings. The summed E-state index contributed by atoms with van der Waals surface area (Å²) < 4.78 is 1.48. The molecule has 0 atom stereocenters. The Hall–Kier alpha value is 0.150. The van der Waals surface area contributed by atoms with Crippen LogP contribution in [0.15, 0.2) is 0 Å². The van der Waals surface area contributed by atoms with Crippen molar-refractivity contribution < 1.29 is 14.7 Å². The maximum atomic E-state index is 12.2. The van der Waals surface area contributed by atoms with Crippen molar-refractivity contribution in [1.29, 1.82) is 0 Å². The highest BCUT2D eigenvalue weighted by molar-refractivity contribution is 14.1. The highest BCUT2D eigenvalue weighted by Gasteiger charge is 2.26. The Bertz CT molecular complexity index is 562. The van der Waals surface area contributed by atoms with Crippen molar-refractivity contribution in [1.82, 2.24) is 5.32 Å². The van der Waals surface area contributed by atoms with Crippen molar-refractivity contribution in [3.63, 3.8) is 0 Å². The first-order valence-electron chi connectivity index (χ1n) is 5.80. The lowest BCUT2D eigenvalue weighted by atomic mass is 10.1. The molecule has 1 amide bonds. The largest absolute Gasteiger partial charge is 0.478 e. The van der Waals surface area contributed by atoms with Crippen LogP contribution >= 0.6 is 67.8 Å². The first-order chi connectivity index (χ1) is 9.32. The number of anilines is 1. The van der Waals surface area contributed by atoms with Gasteiger partial charge in [0.1, 0.15) is 0 Å². The van der Waals surface area contributed by atoms with Gasteiger partial charge < -0.3 is 16.2 Å². The molecule has 4 N–H and O–H groups in total. The Morgan fingerprint density at radius 3 is 2.20 bits per heavy atom. The van der Waals surface area contributed by atoms with Crippen LogP contribution in [0.25, 0.3) is 0 Å². The van der Waals surface area contributed by atoms with Gasteiger partial charge >= 0.3 is 5.97 Å². The zero-order chi connectivity index (χ0) is 15.4. The van der Waals surface area contributed by atoms with Crippen molar-refractivity contribution in [3.05, 3.63) is 21.8 Å². The van der Waals surface area contributed by atoms with E-state index in [1.807, 2.05) is 74.7 Å². The van der Waals surface area contributed by atoms with Crippen LogP contribution in [-0.4, -0.2) is 23.5 Å². The predicted octanol–water partition coefficient (Wildman–Crippen LogP) is 3.31. The molecule has 0 aliphatic carbocycles. The van der Waals surface area contributed by atoms with E-state index in [9.17, 15) is 14.7 Å². The summed E-state index contributed by atoms with van der Waals surface area (Å²) in [6, 6.07) is 0. The zero-order valence-corrected chi connectivity index (χ0v) is 17.1. The number of unbranched alkanes of at least 4 members (excludes halogenated alkanes) is 1. The van der Waals surface area contributed by atoms with Crippen molar-refractivity contribution in [2.24, 2.45) is 0 Å². The maximum Gasteiger partial charge on any atom is 0.337 e. The molecule has 0 saturated heterocycles. The molecule has 0 fully saturated rings. The SMILES string of the molecule is CCCCNC(=O)c1c(I)c(N)c(I)c(C(=O)O)c1I. The molecule has 1 rings (SSSR count). The average Bonchev–Trinajstić information content (AvgIpc) is 2.36. The third-order valence-corrected chi connectivity index (χ3v) is 5.93. The third-order valence-electron chi connectivity index (χ3n) is 2.61. The number of carbonyl (C=O) groups is 2. The summed E-state index contributed by atoms with van der Waals surface area (Å²) >= 11 is 5.78. The number of nitrogens with one attached hydrogen (secondary N) is 1. The number of nitrogen functional groups attached to an aromatic ring is 1. The molecule has 0 heterocycles. The van der Waals surface area contributed by atoms with Crippen LogP contribution in [0.5, 0.6) is 0 Å². The van der Waals surface area contributed by atoms with Gasteiger partial charge in [-0.05, 0) is 74.2 Å². The lowest BCUT2D eigenvalue weighted by molar-refractivity contribution is 0.0694. The molecule has 0 radical (unpaired) electrons. The van der Waals surface area contributed by atoms with E-state index in [2.05, 4.69) is 5.32 Å². The molecule has 0 bridgehead atoms. The average molecular weight is 614 g/mol. The van der Waals surface area contributed by atoms with Gasteiger partial charge in [-0.15, -0.1) is 0 Å². The number of halogens is 3. The maximum absolute atomic E-state index is 12.2. The second-order valence-electron chi connectivity index (χ2n) is 4.02. The van der Waals surface area contributed by atoms with Crippen molar-refractivity contribution in [3.8, 4) is 0 Å². The number of rotatable bonds is 5. The normalized spacial score (nSPS) is 10.4. The van der Waals surface area contributed by atoms with Gasteiger partial charge in [0.05, 0.1) is 24.0 Å². The fourth-order valence-electron chi connectivity index (χ4n) is 1.54. The standard InChI is InChI=1S/C12H13I3N2O3/c1-2-3-4-17-11(18)5-7(13)6(12(19)20)9(15)10(16)8(5)14/h2-4,16H2,1H3,(H,17,18)(H,19,20). The first kappa shape index (κ1) is 18.2. The van der Waals surface area contributed by atoms with Gasteiger partial charge in [-0.1, -0.05) is 13.3 Å². The fraction of sp³-hybridized carbons (Fsp3) is 0.333. The summed E-state index contributed by atoms with van der Waals surface area (Å²) in [5, 5.41) is 12.1. The number of carboxylic acids is 1. The number of aromatic carboxylic acids is 1. The summed E-state index contributed by atoms with van der Waals surface area (Å²) in [6.07, 6.45) is 1.86. The highest BCUT2D eigenvalue weighted by Crippen LogP contribution is 2.33. The number of carboxylic acid groups (broad SMARTS) is 1. The van der Waals surface area contributed by atoms with Crippen molar-refractivity contribution in [2.45, 2.75) is 19.8 Å². The van der Waals surface area contributed by atoms with Crippen LogP contribution in [-0.2, 0) is 0 Å². The van der Waals surface area contributed by atoms with Crippen LogP contribution in [0.4, 0.5) is 5.69 Å². The van der Waals surface area contributed by atoms with E-state index >= 15 is 0 Å². The topological polar surface area (TPSA) is 92.4 Å². The first-order valence-corrected chi connectivity index (χ1v) is 9.03. The molecule has 0 saturated carbocycles. The van der Waals surface area contributed by atoms with Gasteiger partial charge in [0.2, 0.25) is 0 Å². The smallest absolute Gasteiger partial charge is 0.337 e. The molecule has 20 heavy (non-hydrogen) atoms. The number of carbonyl (C=O) groups excluding carboxylic acids is 1. The van der Waals surface area contributed by atoms with E-state index in [-0.39, 0.29) is 11.5 Å². The second-order valence-corrected chi connectivity index (χ2v) is 7.26. The van der Waals surface area contributed by atoms with E-state index in [0.717, 1.165) is 12.8 Å². The number of amides is 1. The van der Waals surface area contributed by atoms with Gasteiger partial charge in [0, 0.05) is 10.1 Å². The molecule has 0 unspecified atom stereocenters. The number of nitrogens with two attached hydrogens (primary N) is 1. The summed E-state index contributed by atoms with van der Waals surface area (Å²) in [5.41, 5.74) is 6.69. The van der Waals surface area contributed by atoms with E-state index in [0.29, 0.717) is 28.5 Å². The van der Waals surface area contributed by atoms with Crippen LogP contribution in [0.3, 0.4) is 0 Å². The molecular weight excluding hydrogens is 601 g/mol. The summed E-state index contributed by atoms with van der Waals surface area (Å²) in [5.74, 6) is -1.36. The predicted molar refractivity (Wildman–Crippen MR) is 103 cm³/mol. The van der Waals surface area contributed by atoms with Crippen molar-refractivity contribution >= 4 is 85.3 Å². The quantitative estimate of drug-likeness (QED) is 0.270. The van der Waals surface area contributed by atoms with Gasteiger partial charge in [-0.3, -0.25) is 4.79 Å². The third kappa shape index (κ3) is 3.87. The minimum atomic E-state index is -1.08. The number of benzene rings is 1. The molecule has 0 aromatic heterocycles. The van der Waals surface area contributed by atoms with Gasteiger partial charge in [-0.2, -0.15) is 0 Å². The van der Waals surface area contributed by atoms with Crippen LogP contribution in [0.1, 0.15) is 40.5 Å². The monoisotopic (exact) mass is 614 g/mol. The molecular formula is C12H13I3N2O3. The molecule has 1 aromatic carbocycles. The Morgan fingerprint density at radius 1 is 1.15 bits per heavy atom. The summed E-state index contributed by atoms with van der Waals surface area (Å²) in [4.78, 5) is 23.6. The van der Waals surface area contributed by atoms with E-state index in [1.54, 1.807) is 0 Å². The number of hydrogen-bond donors (Lipinski definition) is 3. The number of hydrogen-bond acceptors (Lipinski definition) is 3. The lowest BCUT2D eigenvalue weighted by Crippen LogP contribution is -2.27. The molecule has 0 spiro atoms. The fourth-order valence-corrected chi connectivity index (χ4v) is 5.66. The van der Waals surface area contributed by atoms with E-state index in [4.69, 9.17) is 5.73 Å². The van der Waals surface area contributed by atoms with Gasteiger partial charge in [0.15, 0.2) is 0 Å². The summed E-state index contributed by atoms with van der Waals surface area (Å²) in [7, 11) is 0. The van der Waals surface area contributed by atoms with Gasteiger partial charge in [-0.25, -0.2) is 4.79 Å². The molecule has 0 aliphatic rings. The van der Waals surface area contributed by atoms with E-state index in [1.165, 1.54) is 0 Å². The van der Waals surface area contributed by atoms with Gasteiger partial charge in [0.25, 0.3) is 5.91 Å². The van der Waals surface area contributed by atoms with Crippen LogP contribution in [0, 0.1) is 10.7 Å². The molecule has 110 valence electrons. The molecule has 5 nitrogen and oxygen atoms in total. The minimum Gasteiger partial charge on any atom is -0.478 e. The molecule has 8 heteroatoms. The zero-order valence-electron chi connectivity index (χ0n) is 10.6. The minimum absolute atomic E-state index is 0.0877. The Kier molecular flexibility index (Phi) is 7.24. The Balaban J connectivity index is 3.32. The van der Waals surface area contributed by atoms with Crippen LogP contribution < -0.4 is 11.1 Å². The summed E-state index contributed by atoms with van der Waals surface area (Å²) in [6.45, 7) is 2.60. The Morgan fingerprint density at radius 2 is 1.70 bits per heavy atom. The Labute approximate surface area is 157 Å². The van der Waals surface area contributed by atoms with E-state index < -0.39 is 5.97 Å². The van der Waals surface area contributed by atoms with Crippen molar-refractivity contribution in [2.75, 3.05) is 12.3 Å². The second kappa shape index (κ2) is 7.96. The lowest BCUT2D eigenvalue weighted by Gasteiger charge is -2.15. The molecule has 0 aliphatic heterocycles.